The summed E-state index contributed by atoms with van der Waals surface area (Å²) < 4.78 is 7.06. The highest BCUT2D eigenvalue weighted by Gasteiger charge is 2.18. The van der Waals surface area contributed by atoms with Crippen molar-refractivity contribution < 1.29 is 14.3 Å². The molecular weight excluding hydrogens is 280 g/mol. The van der Waals surface area contributed by atoms with E-state index in [1.807, 2.05) is 41.2 Å². The lowest BCUT2D eigenvalue weighted by atomic mass is 10.2. The zero-order valence-electron chi connectivity index (χ0n) is 12.4. The molecule has 0 aliphatic heterocycles. The Morgan fingerprint density at radius 1 is 1.27 bits per heavy atom. The highest BCUT2D eigenvalue weighted by molar-refractivity contribution is 5.92. The number of aromatic nitrogens is 1. The number of nitrogens with one attached hydrogen (secondary N) is 1. The second kappa shape index (κ2) is 7.26. The molecule has 0 fully saturated rings. The van der Waals surface area contributed by atoms with E-state index in [1.54, 1.807) is 18.2 Å². The molecule has 114 valence electrons. The van der Waals surface area contributed by atoms with E-state index in [1.165, 1.54) is 6.92 Å². The molecule has 0 spiro atoms. The summed E-state index contributed by atoms with van der Waals surface area (Å²) in [5.74, 6) is -0.877. The summed E-state index contributed by atoms with van der Waals surface area (Å²) in [5, 5.41) is 2.58. The van der Waals surface area contributed by atoms with Gasteiger partial charge >= 0.3 is 5.97 Å². The maximum Gasteiger partial charge on any atom is 0.338 e. The van der Waals surface area contributed by atoms with Crippen LogP contribution in [0.5, 0.6) is 0 Å². The molecule has 0 aliphatic carbocycles. The number of carbonyl (C=O) groups excluding carboxylic acids is 2. The van der Waals surface area contributed by atoms with Crippen LogP contribution in [0.4, 0.5) is 0 Å². The Morgan fingerprint density at radius 3 is 2.50 bits per heavy atom. The molecule has 22 heavy (non-hydrogen) atoms. The third-order valence-corrected chi connectivity index (χ3v) is 3.08. The van der Waals surface area contributed by atoms with E-state index in [-0.39, 0.29) is 5.91 Å². The lowest BCUT2D eigenvalue weighted by Crippen LogP contribution is -2.35. The third-order valence-electron chi connectivity index (χ3n) is 3.08. The Labute approximate surface area is 129 Å². The van der Waals surface area contributed by atoms with Crippen LogP contribution in [0, 0.1) is 0 Å². The monoisotopic (exact) mass is 298 g/mol. The molecule has 1 heterocycles. The second-order valence-corrected chi connectivity index (χ2v) is 4.72. The summed E-state index contributed by atoms with van der Waals surface area (Å²) in [4.78, 5) is 23.6. The van der Waals surface area contributed by atoms with E-state index < -0.39 is 12.1 Å². The van der Waals surface area contributed by atoms with Crippen LogP contribution < -0.4 is 5.32 Å². The molecule has 1 amide bonds. The summed E-state index contributed by atoms with van der Waals surface area (Å²) in [6.45, 7) is 5.38. The van der Waals surface area contributed by atoms with Gasteiger partial charge in [-0.15, -0.1) is 6.58 Å². The van der Waals surface area contributed by atoms with E-state index in [4.69, 9.17) is 4.74 Å². The number of amides is 1. The summed E-state index contributed by atoms with van der Waals surface area (Å²) in [6.07, 6.45) is 4.54. The molecule has 0 bridgehead atoms. The number of esters is 1. The van der Waals surface area contributed by atoms with E-state index in [9.17, 15) is 9.59 Å². The second-order valence-electron chi connectivity index (χ2n) is 4.72. The predicted octanol–water partition coefficient (Wildman–Crippen LogP) is 2.32. The van der Waals surface area contributed by atoms with E-state index in [2.05, 4.69) is 11.9 Å². The molecular formula is C17H18N2O3. The van der Waals surface area contributed by atoms with Gasteiger partial charge < -0.3 is 14.6 Å². The van der Waals surface area contributed by atoms with Crippen molar-refractivity contribution in [1.82, 2.24) is 9.88 Å². The Bertz CT molecular complexity index is 645. The first-order valence-electron chi connectivity index (χ1n) is 6.95. The largest absolute Gasteiger partial charge is 0.449 e. The molecule has 1 N–H and O–H groups in total. The van der Waals surface area contributed by atoms with Crippen LogP contribution in [0.15, 0.2) is 61.4 Å². The molecule has 1 atom stereocenters. The zero-order chi connectivity index (χ0) is 15.9. The first kappa shape index (κ1) is 15.6. The fourth-order valence-corrected chi connectivity index (χ4v) is 1.87. The van der Waals surface area contributed by atoms with Gasteiger partial charge in [-0.05, 0) is 43.3 Å². The molecule has 0 saturated carbocycles. The first-order valence-corrected chi connectivity index (χ1v) is 6.95. The number of carbonyl (C=O) groups is 2. The molecule has 0 aliphatic rings. The van der Waals surface area contributed by atoms with Gasteiger partial charge in [-0.25, -0.2) is 4.79 Å². The van der Waals surface area contributed by atoms with Gasteiger partial charge in [-0.2, -0.15) is 0 Å². The van der Waals surface area contributed by atoms with Crippen molar-refractivity contribution >= 4 is 11.9 Å². The van der Waals surface area contributed by atoms with Gasteiger partial charge in [0, 0.05) is 24.6 Å². The average molecular weight is 298 g/mol. The normalized spacial score (nSPS) is 11.5. The van der Waals surface area contributed by atoms with Crippen molar-refractivity contribution in [1.29, 1.82) is 0 Å². The zero-order valence-corrected chi connectivity index (χ0v) is 12.4. The van der Waals surface area contributed by atoms with Crippen LogP contribution in [0.2, 0.25) is 0 Å². The quantitative estimate of drug-likeness (QED) is 0.657. The van der Waals surface area contributed by atoms with Crippen molar-refractivity contribution in [3.63, 3.8) is 0 Å². The minimum absolute atomic E-state index is 0.340. The Morgan fingerprint density at radius 2 is 1.91 bits per heavy atom. The third kappa shape index (κ3) is 3.85. The maximum absolute atomic E-state index is 12.0. The lowest BCUT2D eigenvalue weighted by Gasteiger charge is -2.13. The van der Waals surface area contributed by atoms with Gasteiger partial charge in [0.1, 0.15) is 0 Å². The van der Waals surface area contributed by atoms with Crippen LogP contribution in [0.1, 0.15) is 17.3 Å². The van der Waals surface area contributed by atoms with Crippen LogP contribution in [0.3, 0.4) is 0 Å². The standard InChI is InChI=1S/C17H18N2O3/c1-3-10-18-16(20)13(2)22-17(21)14-6-8-15(9-7-14)19-11-4-5-12-19/h3-9,11-13H,1,10H2,2H3,(H,18,20)/t13-/m1/s1. The smallest absolute Gasteiger partial charge is 0.338 e. The Hall–Kier alpha value is -2.82. The van der Waals surface area contributed by atoms with Crippen LogP contribution >= 0.6 is 0 Å². The van der Waals surface area contributed by atoms with Gasteiger partial charge in [-0.1, -0.05) is 6.08 Å². The van der Waals surface area contributed by atoms with Crippen molar-refractivity contribution in [2.24, 2.45) is 0 Å². The molecule has 0 radical (unpaired) electrons. The lowest BCUT2D eigenvalue weighted by molar-refractivity contribution is -0.128. The molecule has 1 aromatic heterocycles. The predicted molar refractivity (Wildman–Crippen MR) is 83.9 cm³/mol. The molecule has 2 aromatic rings. The minimum Gasteiger partial charge on any atom is -0.449 e. The average Bonchev–Trinajstić information content (AvgIpc) is 3.07. The van der Waals surface area contributed by atoms with Gasteiger partial charge in [0.15, 0.2) is 6.10 Å². The number of hydrogen-bond acceptors (Lipinski definition) is 3. The highest BCUT2D eigenvalue weighted by Crippen LogP contribution is 2.11. The number of nitrogens with zero attached hydrogens (tertiary/aromatic N) is 1. The van der Waals surface area contributed by atoms with Crippen molar-refractivity contribution in [3.05, 3.63) is 67.0 Å². The Kier molecular flexibility index (Phi) is 5.14. The van der Waals surface area contributed by atoms with Crippen LogP contribution in [-0.4, -0.2) is 29.1 Å². The molecule has 2 rings (SSSR count). The van der Waals surface area contributed by atoms with Gasteiger partial charge in [0.2, 0.25) is 0 Å². The summed E-state index contributed by atoms with van der Waals surface area (Å²) in [5.41, 5.74) is 1.35. The maximum atomic E-state index is 12.0. The molecule has 1 aromatic carbocycles. The molecule has 5 heteroatoms. The van der Waals surface area contributed by atoms with Gasteiger partial charge in [0.05, 0.1) is 5.56 Å². The van der Waals surface area contributed by atoms with Crippen molar-refractivity contribution in [2.75, 3.05) is 6.54 Å². The van der Waals surface area contributed by atoms with Gasteiger partial charge in [-0.3, -0.25) is 4.79 Å². The van der Waals surface area contributed by atoms with E-state index >= 15 is 0 Å². The SMILES string of the molecule is C=CCNC(=O)[C@@H](C)OC(=O)c1ccc(-n2cccc2)cc1. The number of rotatable bonds is 6. The van der Waals surface area contributed by atoms with Crippen molar-refractivity contribution in [3.8, 4) is 5.69 Å². The van der Waals surface area contributed by atoms with Crippen LogP contribution in [0.25, 0.3) is 5.69 Å². The van der Waals surface area contributed by atoms with E-state index in [0.717, 1.165) is 5.69 Å². The highest BCUT2D eigenvalue weighted by atomic mass is 16.5. The number of benzene rings is 1. The van der Waals surface area contributed by atoms with E-state index in [0.29, 0.717) is 12.1 Å². The number of hydrogen-bond donors (Lipinski definition) is 1. The van der Waals surface area contributed by atoms with Crippen LogP contribution in [-0.2, 0) is 9.53 Å². The first-order chi connectivity index (χ1) is 10.6. The summed E-state index contributed by atoms with van der Waals surface area (Å²) in [6, 6.07) is 10.8. The molecule has 5 nitrogen and oxygen atoms in total. The number of ether oxygens (including phenoxy) is 1. The summed E-state index contributed by atoms with van der Waals surface area (Å²) in [7, 11) is 0. The minimum atomic E-state index is -0.850. The molecule has 0 saturated heterocycles. The molecule has 0 unspecified atom stereocenters. The van der Waals surface area contributed by atoms with Crippen molar-refractivity contribution in [2.45, 2.75) is 13.0 Å². The fraction of sp³-hybridized carbons (Fsp3) is 0.176. The van der Waals surface area contributed by atoms with Gasteiger partial charge in [0.25, 0.3) is 5.91 Å². The summed E-state index contributed by atoms with van der Waals surface area (Å²) >= 11 is 0. The fourth-order valence-electron chi connectivity index (χ4n) is 1.87. The Balaban J connectivity index is 1.98. The topological polar surface area (TPSA) is 60.3 Å².